The van der Waals surface area contributed by atoms with Crippen molar-refractivity contribution in [3.8, 4) is 0 Å². The summed E-state index contributed by atoms with van der Waals surface area (Å²) in [5, 5.41) is 0. The summed E-state index contributed by atoms with van der Waals surface area (Å²) >= 11 is 0. The van der Waals surface area contributed by atoms with E-state index >= 15 is 0 Å². The molecule has 0 aromatic carbocycles. The minimum absolute atomic E-state index is 0.0644. The minimum Gasteiger partial charge on any atom is -0.458 e. The van der Waals surface area contributed by atoms with Crippen molar-refractivity contribution < 1.29 is 28.6 Å². The molecule has 140 valence electrons. The van der Waals surface area contributed by atoms with Gasteiger partial charge in [-0.3, -0.25) is 9.59 Å². The number of hydrogen-bond acceptors (Lipinski definition) is 6. The maximum absolute atomic E-state index is 12.2. The van der Waals surface area contributed by atoms with E-state index in [-0.39, 0.29) is 46.6 Å². The Kier molecular flexibility index (Phi) is 4.16. The Labute approximate surface area is 148 Å². The fraction of sp³-hybridized carbons (Fsp3) is 0.842. The third-order valence-corrected chi connectivity index (χ3v) is 6.64. The lowest BCUT2D eigenvalue weighted by molar-refractivity contribution is -0.172. The topological polar surface area (TPSA) is 78.9 Å². The molecule has 0 radical (unpaired) electrons. The molecule has 6 atom stereocenters. The van der Waals surface area contributed by atoms with Gasteiger partial charge in [-0.15, -0.1) is 0 Å². The van der Waals surface area contributed by atoms with Crippen LogP contribution in [0, 0.1) is 34.5 Å². The van der Waals surface area contributed by atoms with Gasteiger partial charge in [0.25, 0.3) is 0 Å². The summed E-state index contributed by atoms with van der Waals surface area (Å²) in [7, 11) is 0. The first-order valence-corrected chi connectivity index (χ1v) is 9.01. The fourth-order valence-electron chi connectivity index (χ4n) is 4.68. The second kappa shape index (κ2) is 5.71. The second-order valence-electron chi connectivity index (χ2n) is 9.35. The second-order valence-corrected chi connectivity index (χ2v) is 9.35. The molecule has 2 bridgehead atoms. The highest BCUT2D eigenvalue weighted by Gasteiger charge is 2.71. The van der Waals surface area contributed by atoms with Gasteiger partial charge >= 0.3 is 17.9 Å². The fourth-order valence-corrected chi connectivity index (χ4v) is 4.68. The van der Waals surface area contributed by atoms with Crippen LogP contribution in [-0.2, 0) is 28.6 Å². The van der Waals surface area contributed by atoms with Crippen molar-refractivity contribution in [1.82, 2.24) is 0 Å². The van der Waals surface area contributed by atoms with E-state index in [4.69, 9.17) is 14.2 Å². The molecule has 2 saturated carbocycles. The lowest BCUT2D eigenvalue weighted by Gasteiger charge is -2.27. The molecule has 6 heteroatoms. The van der Waals surface area contributed by atoms with E-state index in [1.807, 2.05) is 20.8 Å². The Morgan fingerprint density at radius 2 is 1.96 bits per heavy atom. The molecular weight excluding hydrogens is 324 g/mol. The molecule has 0 aromatic rings. The van der Waals surface area contributed by atoms with Crippen LogP contribution in [0.15, 0.2) is 0 Å². The zero-order valence-corrected chi connectivity index (χ0v) is 15.8. The molecule has 0 N–H and O–H groups in total. The van der Waals surface area contributed by atoms with Crippen molar-refractivity contribution in [2.75, 3.05) is 6.61 Å². The zero-order chi connectivity index (χ0) is 18.7. The zero-order valence-electron chi connectivity index (χ0n) is 15.8. The van der Waals surface area contributed by atoms with Crippen LogP contribution in [0.3, 0.4) is 0 Å². The van der Waals surface area contributed by atoms with Crippen molar-refractivity contribution in [3.05, 3.63) is 0 Å². The molecule has 6 unspecified atom stereocenters. The quantitative estimate of drug-likeness (QED) is 0.571. The smallest absolute Gasteiger partial charge is 0.344 e. The Bertz CT molecular complexity index is 602. The van der Waals surface area contributed by atoms with Crippen LogP contribution >= 0.6 is 0 Å². The number of esters is 3. The maximum Gasteiger partial charge on any atom is 0.344 e. The summed E-state index contributed by atoms with van der Waals surface area (Å²) in [6.07, 6.45) is -0.0976. The molecule has 1 heterocycles. The van der Waals surface area contributed by atoms with Crippen LogP contribution in [0.25, 0.3) is 0 Å². The molecular formula is C19H28O6. The van der Waals surface area contributed by atoms with Crippen LogP contribution in [-0.4, -0.2) is 36.7 Å². The first-order valence-electron chi connectivity index (χ1n) is 9.01. The standard InChI is InChI=1S/C19H28O6/c1-9(18(2,3)4)16(21)23-8-12(20)24-14-11-7-10-13(19(11,5)6)15(14)25-17(10)22/h9-11,13-15H,7-8H2,1-6H3. The van der Waals surface area contributed by atoms with E-state index in [9.17, 15) is 14.4 Å². The number of ether oxygens (including phenoxy) is 3. The summed E-state index contributed by atoms with van der Waals surface area (Å²) in [5.74, 6) is -1.34. The summed E-state index contributed by atoms with van der Waals surface area (Å²) in [4.78, 5) is 36.2. The van der Waals surface area contributed by atoms with Gasteiger partial charge in [0.1, 0.15) is 12.2 Å². The third kappa shape index (κ3) is 2.83. The van der Waals surface area contributed by atoms with Crippen molar-refractivity contribution in [3.63, 3.8) is 0 Å². The van der Waals surface area contributed by atoms with Gasteiger partial charge in [0.15, 0.2) is 6.61 Å². The van der Waals surface area contributed by atoms with E-state index in [0.29, 0.717) is 6.42 Å². The van der Waals surface area contributed by atoms with Gasteiger partial charge in [-0.2, -0.15) is 0 Å². The number of carbonyl (C=O) groups excluding carboxylic acids is 3. The highest BCUT2D eigenvalue weighted by molar-refractivity contribution is 5.79. The average Bonchev–Trinajstić information content (AvgIpc) is 2.99. The van der Waals surface area contributed by atoms with E-state index in [1.54, 1.807) is 6.92 Å². The summed E-state index contributed by atoms with van der Waals surface area (Å²) in [5.41, 5.74) is -0.327. The van der Waals surface area contributed by atoms with Crippen molar-refractivity contribution in [2.45, 2.75) is 60.2 Å². The van der Waals surface area contributed by atoms with E-state index in [1.165, 1.54) is 0 Å². The maximum atomic E-state index is 12.2. The lowest BCUT2D eigenvalue weighted by Crippen LogP contribution is -2.37. The van der Waals surface area contributed by atoms with E-state index < -0.39 is 24.6 Å². The molecule has 3 rings (SSSR count). The summed E-state index contributed by atoms with van der Waals surface area (Å²) in [6, 6.07) is 0. The van der Waals surface area contributed by atoms with Crippen molar-refractivity contribution in [1.29, 1.82) is 0 Å². The van der Waals surface area contributed by atoms with Gasteiger partial charge in [-0.25, -0.2) is 4.79 Å². The average molecular weight is 352 g/mol. The molecule has 0 amide bonds. The third-order valence-electron chi connectivity index (χ3n) is 6.64. The first kappa shape index (κ1) is 18.2. The Morgan fingerprint density at radius 1 is 1.32 bits per heavy atom. The number of carbonyl (C=O) groups is 3. The Balaban J connectivity index is 1.58. The molecule has 0 spiro atoms. The first-order chi connectivity index (χ1) is 11.4. The van der Waals surface area contributed by atoms with Gasteiger partial charge in [0.2, 0.25) is 0 Å². The van der Waals surface area contributed by atoms with Crippen LogP contribution in [0.4, 0.5) is 0 Å². The van der Waals surface area contributed by atoms with Crippen LogP contribution in [0.2, 0.25) is 0 Å². The summed E-state index contributed by atoms with van der Waals surface area (Å²) < 4.78 is 16.2. The lowest BCUT2D eigenvalue weighted by atomic mass is 9.80. The molecule has 2 aliphatic carbocycles. The molecule has 1 aliphatic heterocycles. The largest absolute Gasteiger partial charge is 0.458 e. The monoisotopic (exact) mass is 352 g/mol. The van der Waals surface area contributed by atoms with E-state index in [0.717, 1.165) is 0 Å². The van der Waals surface area contributed by atoms with Gasteiger partial charge in [0.05, 0.1) is 11.8 Å². The minimum atomic E-state index is -0.581. The molecule has 1 saturated heterocycles. The SMILES string of the molecule is CC(C(=O)OCC(=O)OC1C2OC(=O)C3CC1C(C)(C)C32)C(C)(C)C. The number of hydrogen-bond donors (Lipinski definition) is 0. The Hall–Kier alpha value is -1.59. The number of fused-ring (bicyclic) bond motifs is 1. The predicted octanol–water partition coefficient (Wildman–Crippen LogP) is 2.34. The molecule has 6 nitrogen and oxygen atoms in total. The normalized spacial score (nSPS) is 36.1. The molecule has 3 fully saturated rings. The number of rotatable bonds is 4. The van der Waals surface area contributed by atoms with Gasteiger partial charge in [-0.05, 0) is 17.3 Å². The van der Waals surface area contributed by atoms with Gasteiger partial charge in [-0.1, -0.05) is 41.5 Å². The molecule has 3 aliphatic rings. The summed E-state index contributed by atoms with van der Waals surface area (Å²) in [6.45, 7) is 11.4. The highest BCUT2D eigenvalue weighted by atomic mass is 16.6. The van der Waals surface area contributed by atoms with Crippen LogP contribution in [0.1, 0.15) is 48.0 Å². The Morgan fingerprint density at radius 3 is 2.56 bits per heavy atom. The highest BCUT2D eigenvalue weighted by Crippen LogP contribution is 2.65. The van der Waals surface area contributed by atoms with Gasteiger partial charge in [0, 0.05) is 11.8 Å². The van der Waals surface area contributed by atoms with Crippen molar-refractivity contribution in [2.24, 2.45) is 34.5 Å². The molecule has 0 aromatic heterocycles. The van der Waals surface area contributed by atoms with E-state index in [2.05, 4.69) is 13.8 Å². The van der Waals surface area contributed by atoms with Gasteiger partial charge < -0.3 is 14.2 Å². The molecule has 25 heavy (non-hydrogen) atoms. The van der Waals surface area contributed by atoms with Crippen LogP contribution in [0.5, 0.6) is 0 Å². The van der Waals surface area contributed by atoms with Crippen LogP contribution < -0.4 is 0 Å². The predicted molar refractivity (Wildman–Crippen MR) is 88.2 cm³/mol. The van der Waals surface area contributed by atoms with Crippen molar-refractivity contribution >= 4 is 17.9 Å².